The molecule has 0 atom stereocenters. The van der Waals surface area contributed by atoms with Crippen molar-refractivity contribution in [2.24, 2.45) is 7.05 Å². The van der Waals surface area contributed by atoms with E-state index in [2.05, 4.69) is 60.8 Å². The maximum Gasteiger partial charge on any atom is 0.263 e. The van der Waals surface area contributed by atoms with Gasteiger partial charge >= 0.3 is 0 Å². The van der Waals surface area contributed by atoms with Crippen molar-refractivity contribution in [3.05, 3.63) is 41.1 Å². The molecule has 3 heterocycles. The molecule has 0 unspecified atom stereocenters. The summed E-state index contributed by atoms with van der Waals surface area (Å²) in [6, 6.07) is 6.75. The van der Waals surface area contributed by atoms with E-state index in [1.165, 1.54) is 26.3 Å². The largest absolute Gasteiger partial charge is 0.369 e. The van der Waals surface area contributed by atoms with Crippen LogP contribution < -0.4 is 4.90 Å². The van der Waals surface area contributed by atoms with Gasteiger partial charge in [0.2, 0.25) is 5.03 Å². The van der Waals surface area contributed by atoms with Gasteiger partial charge in [-0.1, -0.05) is 12.1 Å². The Labute approximate surface area is 203 Å². The number of sulfonamides is 1. The highest BCUT2D eigenvalue weighted by molar-refractivity contribution is 7.89. The van der Waals surface area contributed by atoms with Crippen molar-refractivity contribution in [1.29, 1.82) is 0 Å². The van der Waals surface area contributed by atoms with E-state index in [1.807, 2.05) is 0 Å². The van der Waals surface area contributed by atoms with E-state index in [4.69, 9.17) is 0 Å². The van der Waals surface area contributed by atoms with Crippen LogP contribution in [0.3, 0.4) is 0 Å². The van der Waals surface area contributed by atoms with Crippen LogP contribution in [0.5, 0.6) is 0 Å². The Bertz CT molecular complexity index is 1140. The van der Waals surface area contributed by atoms with Crippen molar-refractivity contribution in [3.63, 3.8) is 0 Å². The second-order valence-electron chi connectivity index (χ2n) is 9.62. The number of rotatable bonds is 5. The Kier molecular flexibility index (Phi) is 7.02. The Morgan fingerprint density at radius 2 is 1.62 bits per heavy atom. The zero-order valence-corrected chi connectivity index (χ0v) is 21.7. The average molecular weight is 489 g/mol. The van der Waals surface area contributed by atoms with Gasteiger partial charge in [-0.3, -0.25) is 14.4 Å². The molecule has 2 saturated heterocycles. The minimum absolute atomic E-state index is 0.133. The molecular formula is C24H36N6O3S. The number of carbonyl (C=O) groups is 1. The number of anilines is 1. The minimum atomic E-state index is -3.89. The van der Waals surface area contributed by atoms with Gasteiger partial charge in [0.05, 0.1) is 5.56 Å². The number of amides is 1. The third kappa shape index (κ3) is 4.85. The Balaban J connectivity index is 1.49. The first-order valence-corrected chi connectivity index (χ1v) is 13.4. The molecule has 0 N–H and O–H groups in total. The fourth-order valence-electron chi connectivity index (χ4n) is 4.77. The summed E-state index contributed by atoms with van der Waals surface area (Å²) in [5, 5.41) is 4.10. The molecule has 2 aromatic rings. The lowest BCUT2D eigenvalue weighted by atomic mass is 10.1. The van der Waals surface area contributed by atoms with Crippen molar-refractivity contribution in [2.45, 2.75) is 38.8 Å². The first kappa shape index (κ1) is 24.7. The lowest BCUT2D eigenvalue weighted by Gasteiger charge is -2.37. The van der Waals surface area contributed by atoms with E-state index < -0.39 is 10.0 Å². The number of aryl methyl sites for hydroxylation is 3. The van der Waals surface area contributed by atoms with Gasteiger partial charge in [-0.25, -0.2) is 8.42 Å². The fourth-order valence-corrected chi connectivity index (χ4v) is 6.31. The summed E-state index contributed by atoms with van der Waals surface area (Å²) >= 11 is 0. The Morgan fingerprint density at radius 1 is 0.971 bits per heavy atom. The number of hydrogen-bond donors (Lipinski definition) is 0. The molecule has 34 heavy (non-hydrogen) atoms. The van der Waals surface area contributed by atoms with Crippen LogP contribution in [0.25, 0.3) is 0 Å². The van der Waals surface area contributed by atoms with Crippen LogP contribution in [0.2, 0.25) is 0 Å². The molecule has 186 valence electrons. The highest BCUT2D eigenvalue weighted by Gasteiger charge is 2.36. The molecule has 10 heteroatoms. The Morgan fingerprint density at radius 3 is 2.24 bits per heavy atom. The van der Waals surface area contributed by atoms with Gasteiger partial charge in [0.15, 0.2) is 0 Å². The average Bonchev–Trinajstić information content (AvgIpc) is 3.23. The van der Waals surface area contributed by atoms with Crippen LogP contribution in [0, 0.1) is 13.8 Å². The third-order valence-electron chi connectivity index (χ3n) is 6.89. The molecule has 9 nitrogen and oxygen atoms in total. The molecular weight excluding hydrogens is 452 g/mol. The molecule has 0 bridgehead atoms. The first-order valence-electron chi connectivity index (χ1n) is 12.0. The number of carbonyl (C=O) groups excluding carboxylic acids is 1. The van der Waals surface area contributed by atoms with Crippen molar-refractivity contribution in [1.82, 2.24) is 23.9 Å². The van der Waals surface area contributed by atoms with Gasteiger partial charge in [0, 0.05) is 77.3 Å². The van der Waals surface area contributed by atoms with Crippen LogP contribution >= 0.6 is 0 Å². The fraction of sp³-hybridized carbons (Fsp3) is 0.583. The first-order chi connectivity index (χ1) is 16.1. The van der Waals surface area contributed by atoms with Gasteiger partial charge in [0.1, 0.15) is 0 Å². The van der Waals surface area contributed by atoms with Crippen molar-refractivity contribution >= 4 is 21.6 Å². The summed E-state index contributed by atoms with van der Waals surface area (Å²) in [5.41, 5.74) is 3.67. The van der Waals surface area contributed by atoms with Gasteiger partial charge in [-0.05, 0) is 44.9 Å². The monoisotopic (exact) mass is 488 g/mol. The molecule has 2 aliphatic heterocycles. The van der Waals surface area contributed by atoms with E-state index in [0.717, 1.165) is 18.8 Å². The molecule has 2 aliphatic rings. The van der Waals surface area contributed by atoms with Gasteiger partial charge in [0.25, 0.3) is 15.9 Å². The van der Waals surface area contributed by atoms with Crippen LogP contribution in [0.15, 0.2) is 29.4 Å². The number of benzene rings is 1. The smallest absolute Gasteiger partial charge is 0.263 e. The van der Waals surface area contributed by atoms with E-state index in [-0.39, 0.29) is 16.5 Å². The quantitative estimate of drug-likeness (QED) is 0.637. The number of nitrogens with zero attached hydrogens (tertiary/aromatic N) is 6. The highest BCUT2D eigenvalue weighted by Crippen LogP contribution is 2.26. The molecule has 4 rings (SSSR count). The number of aromatic nitrogens is 2. The molecule has 0 radical (unpaired) electrons. The van der Waals surface area contributed by atoms with Crippen LogP contribution in [-0.2, 0) is 17.1 Å². The molecule has 2 fully saturated rings. The van der Waals surface area contributed by atoms with Gasteiger partial charge in [-0.2, -0.15) is 9.40 Å². The minimum Gasteiger partial charge on any atom is -0.369 e. The molecule has 0 spiro atoms. The van der Waals surface area contributed by atoms with Crippen molar-refractivity contribution < 1.29 is 13.2 Å². The summed E-state index contributed by atoms with van der Waals surface area (Å²) in [5.74, 6) is -0.260. The number of hydrogen-bond acceptors (Lipinski definition) is 6. The van der Waals surface area contributed by atoms with Crippen molar-refractivity contribution in [3.8, 4) is 0 Å². The predicted octanol–water partition coefficient (Wildman–Crippen LogP) is 1.71. The maximum absolute atomic E-state index is 13.6. The summed E-state index contributed by atoms with van der Waals surface area (Å²) < 4.78 is 30.0. The van der Waals surface area contributed by atoms with Gasteiger partial charge in [-0.15, -0.1) is 0 Å². The zero-order valence-electron chi connectivity index (χ0n) is 20.9. The SMILES string of the molecule is Cc1ccc(C)c(N2CCN(S(=O)(=O)c3nn(C)cc3C(=O)N3CCN(C(C)C)CC3)CC2)c1. The van der Waals surface area contributed by atoms with E-state index in [1.54, 1.807) is 11.9 Å². The van der Waals surface area contributed by atoms with Crippen LogP contribution in [0.4, 0.5) is 5.69 Å². The predicted molar refractivity (Wildman–Crippen MR) is 133 cm³/mol. The van der Waals surface area contributed by atoms with Crippen LogP contribution in [0.1, 0.15) is 35.3 Å². The third-order valence-corrected chi connectivity index (χ3v) is 8.72. The highest BCUT2D eigenvalue weighted by atomic mass is 32.2. The molecule has 1 aromatic heterocycles. The molecule has 1 amide bonds. The summed E-state index contributed by atoms with van der Waals surface area (Å²) in [6.45, 7) is 13.1. The standard InChI is InChI=1S/C24H36N6O3S/c1-18(2)27-8-10-29(11-9-27)24(31)21-17-26(5)25-23(21)34(32,33)30-14-12-28(13-15-30)22-16-19(3)6-7-20(22)4/h6-7,16-18H,8-15H2,1-5H3. The van der Waals surface area contributed by atoms with Gasteiger partial charge < -0.3 is 9.80 Å². The topological polar surface area (TPSA) is 82.0 Å². The maximum atomic E-state index is 13.6. The molecule has 0 aliphatic carbocycles. The second kappa shape index (κ2) is 9.67. The molecule has 1 aromatic carbocycles. The molecule has 0 saturated carbocycles. The lowest BCUT2D eigenvalue weighted by Crippen LogP contribution is -2.51. The van der Waals surface area contributed by atoms with E-state index in [9.17, 15) is 13.2 Å². The number of piperazine rings is 2. The Hall–Kier alpha value is -2.43. The summed E-state index contributed by atoms with van der Waals surface area (Å²) in [4.78, 5) is 19.6. The van der Waals surface area contributed by atoms with Crippen LogP contribution in [-0.4, -0.2) is 96.6 Å². The summed E-state index contributed by atoms with van der Waals surface area (Å²) in [7, 11) is -2.23. The lowest BCUT2D eigenvalue weighted by molar-refractivity contribution is 0.0591. The van der Waals surface area contributed by atoms with Crippen molar-refractivity contribution in [2.75, 3.05) is 57.3 Å². The van der Waals surface area contributed by atoms with E-state index >= 15 is 0 Å². The second-order valence-corrected chi connectivity index (χ2v) is 11.5. The summed E-state index contributed by atoms with van der Waals surface area (Å²) in [6.07, 6.45) is 1.54. The normalized spacial score (nSPS) is 18.6. The zero-order chi connectivity index (χ0) is 24.6. The van der Waals surface area contributed by atoms with E-state index in [0.29, 0.717) is 45.3 Å².